The summed E-state index contributed by atoms with van der Waals surface area (Å²) in [5.41, 5.74) is 0. The first-order valence-corrected chi connectivity index (χ1v) is 20.1. The summed E-state index contributed by atoms with van der Waals surface area (Å²) in [6.45, 7) is 9.29. The van der Waals surface area contributed by atoms with E-state index in [1.165, 1.54) is 210 Å². The van der Waals surface area contributed by atoms with Crippen LogP contribution in [0.25, 0.3) is 0 Å². The van der Waals surface area contributed by atoms with Crippen LogP contribution >= 0.6 is 0 Å². The van der Waals surface area contributed by atoms with Gasteiger partial charge >= 0.3 is 0 Å². The highest BCUT2D eigenvalue weighted by Crippen LogP contribution is 2.16. The summed E-state index contributed by atoms with van der Waals surface area (Å²) in [7, 11) is 9.35. The molecule has 0 heterocycles. The molecule has 0 bridgehead atoms. The molecule has 0 unspecified atom stereocenters. The predicted molar refractivity (Wildman–Crippen MR) is 195 cm³/mol. The summed E-state index contributed by atoms with van der Waals surface area (Å²) in [5.74, 6) is 0. The van der Waals surface area contributed by atoms with Gasteiger partial charge in [0.15, 0.2) is 0 Å². The van der Waals surface area contributed by atoms with Crippen LogP contribution in [0.3, 0.4) is 0 Å². The minimum absolute atomic E-state index is 0. The van der Waals surface area contributed by atoms with Gasteiger partial charge in [-0.25, -0.2) is 4.84 Å². The second-order valence-corrected chi connectivity index (χ2v) is 15.4. The lowest BCUT2D eigenvalue weighted by Crippen LogP contribution is -3.00. The minimum Gasteiger partial charge on any atom is -1.00 e. The van der Waals surface area contributed by atoms with Crippen molar-refractivity contribution in [3.8, 4) is 0 Å². The van der Waals surface area contributed by atoms with E-state index >= 15 is 0 Å². The van der Waals surface area contributed by atoms with Crippen LogP contribution in [0.5, 0.6) is 0 Å². The van der Waals surface area contributed by atoms with Crippen molar-refractivity contribution in [3.63, 3.8) is 0 Å². The molecule has 5 heteroatoms. The van der Waals surface area contributed by atoms with Gasteiger partial charge in [-0.05, 0) is 38.5 Å². The molecule has 0 radical (unpaired) electrons. The first-order valence-electron chi connectivity index (χ1n) is 20.1. The molecule has 0 fully saturated rings. The van der Waals surface area contributed by atoms with Gasteiger partial charge in [0.1, 0.15) is 13.2 Å². The molecule has 0 rings (SSSR count). The van der Waals surface area contributed by atoms with Crippen molar-refractivity contribution in [2.45, 2.75) is 206 Å². The summed E-state index contributed by atoms with van der Waals surface area (Å²) in [6, 6.07) is 0. The van der Waals surface area contributed by atoms with E-state index in [4.69, 9.17) is 4.84 Å². The summed E-state index contributed by atoms with van der Waals surface area (Å²) in [6.07, 6.45) is 42.7. The maximum atomic E-state index is 6.27. The first-order chi connectivity index (χ1) is 20.8. The number of halogens is 2. The third-order valence-corrected chi connectivity index (χ3v) is 9.77. The predicted octanol–water partition coefficient (Wildman–Crippen LogP) is 6.82. The molecular weight excluding hydrogens is 684 g/mol. The van der Waals surface area contributed by atoms with E-state index in [-0.39, 0.29) is 34.0 Å². The lowest BCUT2D eigenvalue weighted by Gasteiger charge is -2.30. The lowest BCUT2D eigenvalue weighted by molar-refractivity contribution is -1.08. The van der Waals surface area contributed by atoms with Gasteiger partial charge in [-0.1, -0.05) is 168 Å². The minimum atomic E-state index is 0. The molecule has 0 aromatic carbocycles. The number of hydrogen-bond acceptors (Lipinski definition) is 1. The van der Waals surface area contributed by atoms with Crippen LogP contribution in [0.4, 0.5) is 0 Å². The summed E-state index contributed by atoms with van der Waals surface area (Å²) in [5, 5.41) is 0. The summed E-state index contributed by atoms with van der Waals surface area (Å²) < 4.78 is 1.91. The Kier molecular flexibility index (Phi) is 42.0. The van der Waals surface area contributed by atoms with Gasteiger partial charge in [0, 0.05) is 0 Å². The number of hydrogen-bond donors (Lipinski definition) is 0. The van der Waals surface area contributed by atoms with Crippen molar-refractivity contribution in [1.29, 1.82) is 0 Å². The maximum absolute atomic E-state index is 6.27. The molecule has 0 aromatic heterocycles. The van der Waals surface area contributed by atoms with Crippen LogP contribution in [0, 0.1) is 0 Å². The molecule has 0 spiro atoms. The maximum Gasteiger partial charge on any atom is 0.108 e. The van der Waals surface area contributed by atoms with Gasteiger partial charge in [-0.2, -0.15) is 4.65 Å². The molecule has 0 amide bonds. The van der Waals surface area contributed by atoms with Gasteiger partial charge in [-0.15, -0.1) is 0 Å². The van der Waals surface area contributed by atoms with Crippen molar-refractivity contribution in [1.82, 2.24) is 0 Å². The summed E-state index contributed by atoms with van der Waals surface area (Å²) >= 11 is 0. The van der Waals surface area contributed by atoms with Gasteiger partial charge in [-0.3, -0.25) is 0 Å². The Bertz CT molecular complexity index is 498. The Hall–Kier alpha value is 0.840. The Labute approximate surface area is 307 Å². The van der Waals surface area contributed by atoms with Crippen molar-refractivity contribution in [3.05, 3.63) is 0 Å². The Morgan fingerprint density at radius 2 is 0.556 bits per heavy atom. The molecule has 0 aliphatic rings. The third-order valence-electron chi connectivity index (χ3n) is 9.77. The number of nitrogens with zero attached hydrogens (tertiary/aromatic N) is 2. The molecule has 0 saturated heterocycles. The topological polar surface area (TPSA) is 9.23 Å². The fourth-order valence-corrected chi connectivity index (χ4v) is 6.55. The third kappa shape index (κ3) is 40.9. The normalized spacial score (nSPS) is 11.9. The SMILES string of the molecule is CCCCCCCCCCCCCCCC[N+](C)(C)CCCCO[N+](C)(C)CCCCCCCCCCCCCCCC.[Br-].[Br-]. The van der Waals surface area contributed by atoms with Crippen molar-refractivity contribution in [2.75, 3.05) is 54.4 Å². The van der Waals surface area contributed by atoms with Crippen molar-refractivity contribution < 1.29 is 47.9 Å². The van der Waals surface area contributed by atoms with E-state index in [0.717, 1.165) is 17.8 Å². The average molecular weight is 771 g/mol. The zero-order chi connectivity index (χ0) is 31.7. The van der Waals surface area contributed by atoms with Crippen LogP contribution in [0.1, 0.15) is 206 Å². The molecule has 276 valence electrons. The van der Waals surface area contributed by atoms with Crippen LogP contribution in [-0.4, -0.2) is 63.6 Å². The van der Waals surface area contributed by atoms with Gasteiger partial charge < -0.3 is 38.4 Å². The van der Waals surface area contributed by atoms with E-state index in [0.29, 0.717) is 0 Å². The molecule has 0 aliphatic carbocycles. The number of hydroxylamine groups is 3. The molecule has 0 aliphatic heterocycles. The fourth-order valence-electron chi connectivity index (χ4n) is 6.55. The molecule has 3 nitrogen and oxygen atoms in total. The first kappa shape index (κ1) is 50.2. The van der Waals surface area contributed by atoms with E-state index in [1.54, 1.807) is 0 Å². The van der Waals surface area contributed by atoms with Crippen LogP contribution in [-0.2, 0) is 4.84 Å². The molecular formula is C40H86Br2N2O. The zero-order valence-corrected chi connectivity index (χ0v) is 35.3. The van der Waals surface area contributed by atoms with E-state index < -0.39 is 0 Å². The fraction of sp³-hybridized carbons (Fsp3) is 1.00. The van der Waals surface area contributed by atoms with Gasteiger partial charge in [0.25, 0.3) is 0 Å². The van der Waals surface area contributed by atoms with E-state index in [2.05, 4.69) is 42.0 Å². The molecule has 0 aromatic rings. The van der Waals surface area contributed by atoms with Crippen molar-refractivity contribution >= 4 is 0 Å². The highest BCUT2D eigenvalue weighted by atomic mass is 79.9. The number of unbranched alkanes of at least 4 members (excludes halogenated alkanes) is 27. The summed E-state index contributed by atoms with van der Waals surface area (Å²) in [4.78, 5) is 6.27. The van der Waals surface area contributed by atoms with Crippen molar-refractivity contribution in [2.24, 2.45) is 0 Å². The number of quaternary nitrogens is 2. The molecule has 0 atom stereocenters. The standard InChI is InChI=1S/C40H86N2O.2BrH/c1-7-9-11-13-15-17-19-21-23-25-27-29-31-33-37-41(3,4)38-35-36-40-43-42(5,6)39-34-32-30-28-26-24-22-20-18-16-14-12-10-8-2;;/h7-40H2,1-6H3;2*1H/q+2;;/p-2. The molecule has 45 heavy (non-hydrogen) atoms. The number of rotatable bonds is 36. The molecule has 0 saturated carbocycles. The zero-order valence-electron chi connectivity index (χ0n) is 32.1. The Morgan fingerprint density at radius 1 is 0.311 bits per heavy atom. The van der Waals surface area contributed by atoms with Crippen LogP contribution in [0.2, 0.25) is 0 Å². The Balaban J connectivity index is -0.00000882. The average Bonchev–Trinajstić information content (AvgIpc) is 2.97. The highest BCUT2D eigenvalue weighted by Gasteiger charge is 2.17. The van der Waals surface area contributed by atoms with E-state index in [1.807, 2.05) is 0 Å². The molecule has 0 N–H and O–H groups in total. The van der Waals surface area contributed by atoms with Crippen LogP contribution < -0.4 is 34.0 Å². The highest BCUT2D eigenvalue weighted by molar-refractivity contribution is 4.51. The monoisotopic (exact) mass is 769 g/mol. The largest absolute Gasteiger partial charge is 1.00 e. The Morgan fingerprint density at radius 3 is 0.867 bits per heavy atom. The van der Waals surface area contributed by atoms with Gasteiger partial charge in [0.05, 0.1) is 41.3 Å². The van der Waals surface area contributed by atoms with Gasteiger partial charge in [0.2, 0.25) is 0 Å². The quantitative estimate of drug-likeness (QED) is 0.0387. The van der Waals surface area contributed by atoms with Crippen LogP contribution in [0.15, 0.2) is 0 Å². The second-order valence-electron chi connectivity index (χ2n) is 15.4. The second kappa shape index (κ2) is 37.7. The van der Waals surface area contributed by atoms with E-state index in [9.17, 15) is 0 Å². The lowest BCUT2D eigenvalue weighted by atomic mass is 10.0. The smallest absolute Gasteiger partial charge is 0.108 e.